The Morgan fingerprint density at radius 1 is 1.25 bits per heavy atom. The van der Waals surface area contributed by atoms with E-state index in [2.05, 4.69) is 26.1 Å². The molecule has 0 N–H and O–H groups in total. The van der Waals surface area contributed by atoms with Gasteiger partial charge in [0.2, 0.25) is 11.8 Å². The first-order valence-corrected chi connectivity index (χ1v) is 6.03. The minimum atomic E-state index is 0.226. The molecule has 1 aromatic heterocycles. The normalized spacial score (nSPS) is 11.1. The van der Waals surface area contributed by atoms with Gasteiger partial charge in [-0.1, -0.05) is 41.4 Å². The zero-order chi connectivity index (χ0) is 11.7. The SMILES string of the molecule is CC(C)c1nnc(-c2cc(Cl)cc(Br)c2)o1. The van der Waals surface area contributed by atoms with E-state index in [4.69, 9.17) is 16.0 Å². The van der Waals surface area contributed by atoms with Crippen molar-refractivity contribution in [3.63, 3.8) is 0 Å². The maximum absolute atomic E-state index is 5.95. The first-order chi connectivity index (χ1) is 7.56. The molecule has 1 heterocycles. The summed E-state index contributed by atoms with van der Waals surface area (Å²) in [5.74, 6) is 1.35. The minimum absolute atomic E-state index is 0.226. The number of hydrogen-bond donors (Lipinski definition) is 0. The van der Waals surface area contributed by atoms with E-state index in [1.807, 2.05) is 26.0 Å². The molecule has 84 valence electrons. The van der Waals surface area contributed by atoms with Crippen LogP contribution in [0.1, 0.15) is 25.7 Å². The van der Waals surface area contributed by atoms with Gasteiger partial charge in [0, 0.05) is 21.0 Å². The fraction of sp³-hybridized carbons (Fsp3) is 0.273. The smallest absolute Gasteiger partial charge is 0.247 e. The maximum atomic E-state index is 5.95. The van der Waals surface area contributed by atoms with E-state index in [1.165, 1.54) is 0 Å². The second-order valence-corrected chi connectivity index (χ2v) is 5.11. The summed E-state index contributed by atoms with van der Waals surface area (Å²) >= 11 is 9.32. The van der Waals surface area contributed by atoms with Crippen molar-refractivity contribution >= 4 is 27.5 Å². The van der Waals surface area contributed by atoms with Crippen LogP contribution in [-0.4, -0.2) is 10.2 Å². The van der Waals surface area contributed by atoms with E-state index < -0.39 is 0 Å². The number of aromatic nitrogens is 2. The zero-order valence-corrected chi connectivity index (χ0v) is 11.2. The van der Waals surface area contributed by atoms with Gasteiger partial charge in [-0.2, -0.15) is 0 Å². The zero-order valence-electron chi connectivity index (χ0n) is 8.87. The lowest BCUT2D eigenvalue weighted by Gasteiger charge is -1.98. The van der Waals surface area contributed by atoms with Gasteiger partial charge in [-0.15, -0.1) is 10.2 Å². The van der Waals surface area contributed by atoms with Crippen molar-refractivity contribution < 1.29 is 4.42 Å². The molecule has 2 aromatic rings. The maximum Gasteiger partial charge on any atom is 0.247 e. The Hall–Kier alpha value is -0.870. The highest BCUT2D eigenvalue weighted by atomic mass is 79.9. The number of benzene rings is 1. The molecule has 0 saturated heterocycles. The molecule has 0 radical (unpaired) electrons. The Labute approximate surface area is 107 Å². The molecule has 0 fully saturated rings. The molecule has 0 unspecified atom stereocenters. The van der Waals surface area contributed by atoms with Gasteiger partial charge in [-0.05, 0) is 18.2 Å². The molecule has 0 aliphatic heterocycles. The van der Waals surface area contributed by atoms with Crippen molar-refractivity contribution in [3.05, 3.63) is 33.6 Å². The first-order valence-electron chi connectivity index (χ1n) is 4.86. The van der Waals surface area contributed by atoms with E-state index in [9.17, 15) is 0 Å². The van der Waals surface area contributed by atoms with Gasteiger partial charge in [-0.25, -0.2) is 0 Å². The summed E-state index contributed by atoms with van der Waals surface area (Å²) in [7, 11) is 0. The average Bonchev–Trinajstić information content (AvgIpc) is 2.64. The van der Waals surface area contributed by atoms with Gasteiger partial charge in [0.1, 0.15) is 0 Å². The van der Waals surface area contributed by atoms with Gasteiger partial charge in [0.05, 0.1) is 0 Å². The Morgan fingerprint density at radius 2 is 2.00 bits per heavy atom. The minimum Gasteiger partial charge on any atom is -0.420 e. The van der Waals surface area contributed by atoms with E-state index >= 15 is 0 Å². The van der Waals surface area contributed by atoms with Crippen LogP contribution in [-0.2, 0) is 0 Å². The summed E-state index contributed by atoms with van der Waals surface area (Å²) < 4.78 is 6.43. The van der Waals surface area contributed by atoms with Crippen molar-refractivity contribution in [1.82, 2.24) is 10.2 Å². The molecule has 16 heavy (non-hydrogen) atoms. The molecule has 0 aliphatic rings. The van der Waals surface area contributed by atoms with Crippen LogP contribution in [0, 0.1) is 0 Å². The molecule has 0 spiro atoms. The highest BCUT2D eigenvalue weighted by Crippen LogP contribution is 2.27. The number of hydrogen-bond acceptors (Lipinski definition) is 3. The average molecular weight is 302 g/mol. The van der Waals surface area contributed by atoms with Crippen LogP contribution in [0.15, 0.2) is 27.1 Å². The fourth-order valence-electron chi connectivity index (χ4n) is 1.26. The fourth-order valence-corrected chi connectivity index (χ4v) is 2.12. The molecule has 0 amide bonds. The van der Waals surface area contributed by atoms with Crippen LogP contribution in [0.5, 0.6) is 0 Å². The lowest BCUT2D eigenvalue weighted by molar-refractivity contribution is 0.481. The van der Waals surface area contributed by atoms with Crippen LogP contribution >= 0.6 is 27.5 Å². The van der Waals surface area contributed by atoms with Gasteiger partial charge >= 0.3 is 0 Å². The van der Waals surface area contributed by atoms with E-state index in [0.29, 0.717) is 16.8 Å². The Bertz CT molecular complexity index is 490. The lowest BCUT2D eigenvalue weighted by Crippen LogP contribution is -1.85. The summed E-state index contributed by atoms with van der Waals surface area (Å²) in [4.78, 5) is 0. The highest BCUT2D eigenvalue weighted by Gasteiger charge is 2.12. The van der Waals surface area contributed by atoms with Gasteiger partial charge in [-0.3, -0.25) is 0 Å². The van der Waals surface area contributed by atoms with Crippen LogP contribution < -0.4 is 0 Å². The van der Waals surface area contributed by atoms with Crippen molar-refractivity contribution in [2.24, 2.45) is 0 Å². The van der Waals surface area contributed by atoms with Gasteiger partial charge < -0.3 is 4.42 Å². The Morgan fingerprint density at radius 3 is 2.56 bits per heavy atom. The summed E-state index contributed by atoms with van der Waals surface area (Å²) in [5.41, 5.74) is 0.818. The summed E-state index contributed by atoms with van der Waals surface area (Å²) in [6.45, 7) is 4.01. The lowest BCUT2D eigenvalue weighted by atomic mass is 10.2. The van der Waals surface area contributed by atoms with Crippen LogP contribution in [0.25, 0.3) is 11.5 Å². The summed E-state index contributed by atoms with van der Waals surface area (Å²) in [6.07, 6.45) is 0. The van der Waals surface area contributed by atoms with E-state index in [0.717, 1.165) is 10.0 Å². The molecular weight excluding hydrogens is 291 g/mol. The molecule has 3 nitrogen and oxygen atoms in total. The topological polar surface area (TPSA) is 38.9 Å². The first kappa shape index (κ1) is 11.6. The number of rotatable bonds is 2. The van der Waals surface area contributed by atoms with Gasteiger partial charge in [0.25, 0.3) is 0 Å². The highest BCUT2D eigenvalue weighted by molar-refractivity contribution is 9.10. The van der Waals surface area contributed by atoms with Crippen molar-refractivity contribution in [1.29, 1.82) is 0 Å². The second-order valence-electron chi connectivity index (χ2n) is 3.76. The molecule has 1 aromatic carbocycles. The van der Waals surface area contributed by atoms with Crippen LogP contribution in [0.4, 0.5) is 0 Å². The second kappa shape index (κ2) is 4.55. The molecule has 5 heteroatoms. The van der Waals surface area contributed by atoms with Crippen LogP contribution in [0.3, 0.4) is 0 Å². The predicted molar refractivity (Wildman–Crippen MR) is 66.5 cm³/mol. The largest absolute Gasteiger partial charge is 0.420 e. The molecule has 0 bridgehead atoms. The third kappa shape index (κ3) is 2.44. The Kier molecular flexibility index (Phi) is 3.30. The third-order valence-electron chi connectivity index (χ3n) is 2.04. The third-order valence-corrected chi connectivity index (χ3v) is 2.72. The standard InChI is InChI=1S/C11H10BrClN2O/c1-6(2)10-14-15-11(16-10)7-3-8(12)5-9(13)4-7/h3-6H,1-2H3. The summed E-state index contributed by atoms with van der Waals surface area (Å²) in [6, 6.07) is 5.50. The molecule has 2 rings (SSSR count). The number of nitrogens with zero attached hydrogens (tertiary/aromatic N) is 2. The quantitative estimate of drug-likeness (QED) is 0.831. The van der Waals surface area contributed by atoms with Gasteiger partial charge in [0.15, 0.2) is 0 Å². The van der Waals surface area contributed by atoms with E-state index in [-0.39, 0.29) is 5.92 Å². The Balaban J connectivity index is 2.42. The molecular formula is C11H10BrClN2O. The monoisotopic (exact) mass is 300 g/mol. The van der Waals surface area contributed by atoms with E-state index in [1.54, 1.807) is 6.07 Å². The molecule has 0 aliphatic carbocycles. The summed E-state index contributed by atoms with van der Waals surface area (Å²) in [5, 5.41) is 8.60. The molecule has 0 atom stereocenters. The van der Waals surface area contributed by atoms with Crippen molar-refractivity contribution in [3.8, 4) is 11.5 Å². The van der Waals surface area contributed by atoms with Crippen LogP contribution in [0.2, 0.25) is 5.02 Å². The predicted octanol–water partition coefficient (Wildman–Crippen LogP) is 4.28. The molecule has 0 saturated carbocycles. The van der Waals surface area contributed by atoms with Crippen molar-refractivity contribution in [2.45, 2.75) is 19.8 Å². The number of halogens is 2. The van der Waals surface area contributed by atoms with Crippen molar-refractivity contribution in [2.75, 3.05) is 0 Å².